The molecule has 3 N–H and O–H groups in total. The summed E-state index contributed by atoms with van der Waals surface area (Å²) in [4.78, 5) is 14.1. The molecular weight excluding hydrogens is 260 g/mol. The minimum absolute atomic E-state index is 0.0327. The summed E-state index contributed by atoms with van der Waals surface area (Å²) in [5.74, 6) is -0.387. The van der Waals surface area contributed by atoms with Crippen LogP contribution in [-0.2, 0) is 4.79 Å². The van der Waals surface area contributed by atoms with Crippen LogP contribution in [0.25, 0.3) is 0 Å². The van der Waals surface area contributed by atoms with Gasteiger partial charge in [0.25, 0.3) is 5.91 Å². The van der Waals surface area contributed by atoms with E-state index in [0.717, 1.165) is 5.69 Å². The Morgan fingerprint density at radius 1 is 1.37 bits per heavy atom. The van der Waals surface area contributed by atoms with E-state index >= 15 is 0 Å². The minimum atomic E-state index is -0.531. The maximum atomic E-state index is 12.5. The highest BCUT2D eigenvalue weighted by molar-refractivity contribution is 7.80. The molecule has 100 valence electrons. The number of anilines is 1. The molecule has 19 heavy (non-hydrogen) atoms. The van der Waals surface area contributed by atoms with Crippen LogP contribution in [0.3, 0.4) is 0 Å². The molecule has 5 heteroatoms. The molecule has 1 aliphatic rings. The fraction of sp³-hybridized carbons (Fsp3) is 0.286. The maximum Gasteiger partial charge on any atom is 0.265 e. The molecule has 1 aliphatic heterocycles. The molecule has 0 spiro atoms. The molecule has 0 saturated carbocycles. The number of hydrogen-bond acceptors (Lipinski definition) is 3. The molecule has 0 saturated heterocycles. The normalized spacial score (nSPS) is 18.6. The average molecular weight is 276 g/mol. The first kappa shape index (κ1) is 13.5. The lowest BCUT2D eigenvalue weighted by atomic mass is 9.88. The Hall–Kier alpha value is -1.88. The Morgan fingerprint density at radius 3 is 2.47 bits per heavy atom. The number of thiocarbonyl (C=S) groups is 1. The van der Waals surface area contributed by atoms with Crippen LogP contribution in [0.5, 0.6) is 0 Å². The van der Waals surface area contributed by atoms with Crippen molar-refractivity contribution in [3.05, 3.63) is 41.7 Å². The summed E-state index contributed by atoms with van der Waals surface area (Å²) in [7, 11) is 0. The van der Waals surface area contributed by atoms with Crippen LogP contribution < -0.4 is 10.6 Å². The lowest BCUT2D eigenvalue weighted by Crippen LogP contribution is -2.53. The van der Waals surface area contributed by atoms with Gasteiger partial charge in [-0.1, -0.05) is 30.4 Å². The summed E-state index contributed by atoms with van der Waals surface area (Å²) in [6, 6.07) is 9.29. The first-order valence-electron chi connectivity index (χ1n) is 5.96. The van der Waals surface area contributed by atoms with Gasteiger partial charge in [-0.2, -0.15) is 0 Å². The molecule has 0 aromatic heterocycles. The number of carbonyl (C=O) groups excluding carboxylic acids is 1. The Bertz CT molecular complexity index is 564. The number of para-hydroxylation sites is 1. The lowest BCUT2D eigenvalue weighted by molar-refractivity contribution is -0.116. The van der Waals surface area contributed by atoms with Crippen LogP contribution in [0.15, 0.2) is 41.7 Å². The van der Waals surface area contributed by atoms with E-state index < -0.39 is 5.54 Å². The Labute approximate surface area is 117 Å². The predicted molar refractivity (Wildman–Crippen MR) is 79.1 cm³/mol. The molecule has 0 bridgehead atoms. The van der Waals surface area contributed by atoms with Gasteiger partial charge in [-0.15, -0.1) is 0 Å². The van der Waals surface area contributed by atoms with E-state index in [1.165, 1.54) is 0 Å². The molecule has 1 amide bonds. The molecule has 0 unspecified atom stereocenters. The summed E-state index contributed by atoms with van der Waals surface area (Å²) in [5.41, 5.74) is 5.81. The summed E-state index contributed by atoms with van der Waals surface area (Å²) in [6.45, 7) is 3.79. The number of amides is 1. The minimum Gasteiger partial charge on any atom is -0.511 e. The number of aliphatic hydroxyl groups is 1. The molecule has 4 nitrogen and oxygen atoms in total. The van der Waals surface area contributed by atoms with Crippen molar-refractivity contribution in [2.75, 3.05) is 4.90 Å². The number of carbonyl (C=O) groups is 1. The zero-order valence-corrected chi connectivity index (χ0v) is 11.7. The van der Waals surface area contributed by atoms with Crippen molar-refractivity contribution >= 4 is 28.8 Å². The monoisotopic (exact) mass is 276 g/mol. The molecule has 0 atom stereocenters. The standard InChI is InChI=1S/C14H16N2O2S/c1-14(2)8-10(17)11(12(15)19)13(18)16(14)9-6-4-3-5-7-9/h3-7,17H,8H2,1-2H3,(H2,15,19). The van der Waals surface area contributed by atoms with Crippen LogP contribution in [0.4, 0.5) is 5.69 Å². The number of aliphatic hydroxyl groups excluding tert-OH is 1. The van der Waals surface area contributed by atoms with Gasteiger partial charge >= 0.3 is 0 Å². The number of rotatable bonds is 2. The fourth-order valence-corrected chi connectivity index (χ4v) is 2.58. The topological polar surface area (TPSA) is 66.6 Å². The van der Waals surface area contributed by atoms with Gasteiger partial charge in [0.15, 0.2) is 0 Å². The third-order valence-corrected chi connectivity index (χ3v) is 3.38. The molecule has 1 aromatic rings. The first-order chi connectivity index (χ1) is 8.84. The number of nitrogens with zero attached hydrogens (tertiary/aromatic N) is 1. The highest BCUT2D eigenvalue weighted by atomic mass is 32.1. The van der Waals surface area contributed by atoms with Crippen molar-refractivity contribution in [1.29, 1.82) is 0 Å². The Balaban J connectivity index is 2.55. The van der Waals surface area contributed by atoms with Crippen molar-refractivity contribution in [3.63, 3.8) is 0 Å². The van der Waals surface area contributed by atoms with Crippen molar-refractivity contribution in [1.82, 2.24) is 0 Å². The van der Waals surface area contributed by atoms with Crippen molar-refractivity contribution in [2.45, 2.75) is 25.8 Å². The molecule has 1 heterocycles. The largest absolute Gasteiger partial charge is 0.511 e. The Morgan fingerprint density at radius 2 is 1.95 bits per heavy atom. The second-order valence-corrected chi connectivity index (χ2v) is 5.59. The van der Waals surface area contributed by atoms with Crippen molar-refractivity contribution in [2.24, 2.45) is 5.73 Å². The van der Waals surface area contributed by atoms with Gasteiger partial charge in [0.05, 0.1) is 0 Å². The molecule has 0 aliphatic carbocycles. The van der Waals surface area contributed by atoms with E-state index in [2.05, 4.69) is 0 Å². The fourth-order valence-electron chi connectivity index (χ4n) is 2.38. The second-order valence-electron chi connectivity index (χ2n) is 5.15. The third-order valence-electron chi connectivity index (χ3n) is 3.17. The van der Waals surface area contributed by atoms with Crippen LogP contribution in [0.1, 0.15) is 20.3 Å². The van der Waals surface area contributed by atoms with Crippen molar-refractivity contribution in [3.8, 4) is 0 Å². The van der Waals surface area contributed by atoms with E-state index in [4.69, 9.17) is 18.0 Å². The summed E-state index contributed by atoms with van der Waals surface area (Å²) in [5, 5.41) is 9.97. The molecule has 0 fully saturated rings. The van der Waals surface area contributed by atoms with Gasteiger partial charge in [-0.3, -0.25) is 4.79 Å². The van der Waals surface area contributed by atoms with Gasteiger partial charge in [-0.05, 0) is 26.0 Å². The van der Waals surface area contributed by atoms with Gasteiger partial charge in [-0.25, -0.2) is 0 Å². The smallest absolute Gasteiger partial charge is 0.265 e. The summed E-state index contributed by atoms with van der Waals surface area (Å²) < 4.78 is 0. The highest BCUT2D eigenvalue weighted by Crippen LogP contribution is 2.35. The van der Waals surface area contributed by atoms with Crippen LogP contribution in [-0.4, -0.2) is 21.5 Å². The second kappa shape index (κ2) is 4.66. The zero-order valence-electron chi connectivity index (χ0n) is 10.9. The quantitative estimate of drug-likeness (QED) is 0.813. The third kappa shape index (κ3) is 2.33. The first-order valence-corrected chi connectivity index (χ1v) is 6.37. The SMILES string of the molecule is CC1(C)CC(O)=C(C(N)=S)C(=O)N1c1ccccc1. The van der Waals surface area contributed by atoms with Gasteiger partial charge in [0, 0.05) is 17.6 Å². The predicted octanol–water partition coefficient (Wildman–Crippen LogP) is 2.30. The van der Waals surface area contributed by atoms with E-state index in [0.29, 0.717) is 6.42 Å². The number of hydrogen-bond donors (Lipinski definition) is 2. The van der Waals surface area contributed by atoms with Crippen LogP contribution in [0, 0.1) is 0 Å². The van der Waals surface area contributed by atoms with Gasteiger partial charge in [0.2, 0.25) is 0 Å². The van der Waals surface area contributed by atoms with Gasteiger partial charge in [0.1, 0.15) is 16.3 Å². The van der Waals surface area contributed by atoms with Crippen LogP contribution in [0.2, 0.25) is 0 Å². The molecule has 2 rings (SSSR count). The number of benzene rings is 1. The Kier molecular flexibility index (Phi) is 3.32. The molecule has 0 radical (unpaired) electrons. The van der Waals surface area contributed by atoms with E-state index in [1.807, 2.05) is 44.2 Å². The lowest BCUT2D eigenvalue weighted by Gasteiger charge is -2.42. The average Bonchev–Trinajstić information content (AvgIpc) is 2.27. The highest BCUT2D eigenvalue weighted by Gasteiger charge is 2.41. The van der Waals surface area contributed by atoms with E-state index in [-0.39, 0.29) is 22.2 Å². The van der Waals surface area contributed by atoms with E-state index in [1.54, 1.807) is 4.90 Å². The van der Waals surface area contributed by atoms with Crippen LogP contribution >= 0.6 is 12.2 Å². The summed E-state index contributed by atoms with van der Waals surface area (Å²) in [6.07, 6.45) is 0.320. The van der Waals surface area contributed by atoms with E-state index in [9.17, 15) is 9.90 Å². The maximum absolute atomic E-state index is 12.5. The number of nitrogens with two attached hydrogens (primary N) is 1. The summed E-state index contributed by atoms with van der Waals surface area (Å²) >= 11 is 4.86. The molecule has 1 aromatic carbocycles. The van der Waals surface area contributed by atoms with Crippen molar-refractivity contribution < 1.29 is 9.90 Å². The van der Waals surface area contributed by atoms with Gasteiger partial charge < -0.3 is 15.7 Å². The zero-order chi connectivity index (χ0) is 14.2. The molecular formula is C14H16N2O2S.